The fourth-order valence-corrected chi connectivity index (χ4v) is 1.04. The van der Waals surface area contributed by atoms with Gasteiger partial charge in [-0.25, -0.2) is 0 Å². The van der Waals surface area contributed by atoms with Crippen molar-refractivity contribution in [1.29, 1.82) is 0 Å². The summed E-state index contributed by atoms with van der Waals surface area (Å²) in [4.78, 5) is 0. The van der Waals surface area contributed by atoms with Crippen LogP contribution in [-0.2, 0) is 8.85 Å². The molecule has 0 radical (unpaired) electrons. The lowest BCUT2D eigenvalue weighted by molar-refractivity contribution is 0.304. The molecule has 0 spiro atoms. The minimum atomic E-state index is -0.568. The van der Waals surface area contributed by atoms with E-state index in [1.54, 1.807) is 14.2 Å². The normalized spacial score (nSPS) is 19.0. The van der Waals surface area contributed by atoms with Gasteiger partial charge in [-0.05, 0) is 12.8 Å². The molecule has 0 saturated carbocycles. The van der Waals surface area contributed by atoms with Gasteiger partial charge in [0, 0.05) is 33.4 Å². The molecule has 12 heavy (non-hydrogen) atoms. The van der Waals surface area contributed by atoms with Gasteiger partial charge in [0.25, 0.3) is 0 Å². The monoisotopic (exact) mass is 192 g/mol. The quantitative estimate of drug-likeness (QED) is 0.553. The van der Waals surface area contributed by atoms with Crippen molar-refractivity contribution in [3.8, 4) is 0 Å². The second kappa shape index (κ2) is 7.69. The Balaban J connectivity index is 0.000000217. The summed E-state index contributed by atoms with van der Waals surface area (Å²) >= 11 is 0. The summed E-state index contributed by atoms with van der Waals surface area (Å²) < 4.78 is 9.22. The van der Waals surface area contributed by atoms with Crippen LogP contribution >= 0.6 is 0 Å². The van der Waals surface area contributed by atoms with E-state index in [1.165, 1.54) is 0 Å². The zero-order valence-electron chi connectivity index (χ0n) is 8.17. The Hall–Kier alpha value is 0.0569. The Morgan fingerprint density at radius 1 is 1.42 bits per heavy atom. The van der Waals surface area contributed by atoms with Gasteiger partial charge in [0.1, 0.15) is 0 Å². The largest absolute Gasteiger partial charge is 0.402 e. The van der Waals surface area contributed by atoms with Gasteiger partial charge in [-0.15, -0.1) is 0 Å². The van der Waals surface area contributed by atoms with Crippen LogP contribution in [0.3, 0.4) is 0 Å². The first-order valence-electron chi connectivity index (χ1n) is 4.16. The van der Waals surface area contributed by atoms with Crippen molar-refractivity contribution in [3.05, 3.63) is 0 Å². The molecule has 0 amide bonds. The fourth-order valence-electron chi connectivity index (χ4n) is 0.801. The predicted molar refractivity (Wildman–Crippen MR) is 52.6 cm³/mol. The third-order valence-electron chi connectivity index (χ3n) is 1.79. The van der Waals surface area contributed by atoms with E-state index in [0.29, 0.717) is 6.04 Å². The molecule has 1 saturated heterocycles. The van der Waals surface area contributed by atoms with Crippen LogP contribution < -0.4 is 11.1 Å². The molecule has 1 fully saturated rings. The molecular weight excluding hydrogens is 172 g/mol. The van der Waals surface area contributed by atoms with Crippen LogP contribution in [0.2, 0.25) is 0 Å². The molecule has 0 aromatic heterocycles. The molecule has 0 aromatic rings. The molecule has 0 aromatic carbocycles. The third kappa shape index (κ3) is 5.67. The van der Waals surface area contributed by atoms with Crippen LogP contribution in [-0.4, -0.2) is 43.4 Å². The topological polar surface area (TPSA) is 56.5 Å². The first kappa shape index (κ1) is 12.1. The van der Waals surface area contributed by atoms with E-state index in [2.05, 4.69) is 21.1 Å². The maximum atomic E-state index is 5.56. The lowest BCUT2D eigenvalue weighted by Gasteiger charge is -2.30. The summed E-state index contributed by atoms with van der Waals surface area (Å²) in [6.07, 6.45) is 0. The van der Waals surface area contributed by atoms with Gasteiger partial charge in [-0.3, -0.25) is 0 Å². The predicted octanol–water partition coefficient (Wildman–Crippen LogP) is -1.17. The lowest BCUT2D eigenvalue weighted by Crippen LogP contribution is -2.50. The van der Waals surface area contributed by atoms with Crippen molar-refractivity contribution in [2.24, 2.45) is 11.7 Å². The first-order valence-corrected chi connectivity index (χ1v) is 5.32. The minimum Gasteiger partial charge on any atom is -0.402 e. The van der Waals surface area contributed by atoms with Gasteiger partial charge in [0.05, 0.1) is 0 Å². The molecule has 3 N–H and O–H groups in total. The molecule has 5 heteroatoms. The van der Waals surface area contributed by atoms with Crippen molar-refractivity contribution in [2.45, 2.75) is 13.0 Å². The number of rotatable bonds is 3. The van der Waals surface area contributed by atoms with E-state index >= 15 is 0 Å². The van der Waals surface area contributed by atoms with Gasteiger partial charge >= 0.3 is 10.0 Å². The second-order valence-corrected chi connectivity index (χ2v) is 4.36. The Morgan fingerprint density at radius 2 is 1.92 bits per heavy atom. The van der Waals surface area contributed by atoms with Gasteiger partial charge in [0.15, 0.2) is 0 Å². The Kier molecular flexibility index (Phi) is 7.73. The molecule has 1 aliphatic heterocycles. The van der Waals surface area contributed by atoms with Crippen molar-refractivity contribution in [2.75, 3.05) is 27.3 Å². The SMILES string of the molecule is CC(N)C1CNC1.CO[SiH2]OC. The highest BCUT2D eigenvalue weighted by atomic mass is 28.3. The van der Waals surface area contributed by atoms with Crippen LogP contribution in [0.1, 0.15) is 6.92 Å². The van der Waals surface area contributed by atoms with Crippen LogP contribution in [0, 0.1) is 5.92 Å². The average molecular weight is 192 g/mol. The van der Waals surface area contributed by atoms with E-state index in [4.69, 9.17) is 5.73 Å². The fraction of sp³-hybridized carbons (Fsp3) is 1.00. The molecule has 1 unspecified atom stereocenters. The summed E-state index contributed by atoms with van der Waals surface area (Å²) in [6, 6.07) is 0.390. The maximum Gasteiger partial charge on any atom is 0.303 e. The average Bonchev–Trinajstić information content (AvgIpc) is 1.85. The summed E-state index contributed by atoms with van der Waals surface area (Å²) in [5, 5.41) is 3.16. The lowest BCUT2D eigenvalue weighted by atomic mass is 9.96. The number of nitrogens with two attached hydrogens (primary N) is 1. The highest BCUT2D eigenvalue weighted by Crippen LogP contribution is 2.04. The first-order chi connectivity index (χ1) is 5.72. The molecule has 0 bridgehead atoms. The Morgan fingerprint density at radius 3 is 1.92 bits per heavy atom. The van der Waals surface area contributed by atoms with Gasteiger partial charge < -0.3 is 19.9 Å². The second-order valence-electron chi connectivity index (χ2n) is 2.97. The van der Waals surface area contributed by atoms with Crippen LogP contribution in [0.15, 0.2) is 0 Å². The van der Waals surface area contributed by atoms with Crippen LogP contribution in [0.25, 0.3) is 0 Å². The maximum absolute atomic E-state index is 5.56. The molecule has 74 valence electrons. The van der Waals surface area contributed by atoms with Gasteiger partial charge in [-0.1, -0.05) is 0 Å². The van der Waals surface area contributed by atoms with E-state index in [-0.39, 0.29) is 0 Å². The van der Waals surface area contributed by atoms with Crippen molar-refractivity contribution >= 4 is 10.0 Å². The van der Waals surface area contributed by atoms with Crippen LogP contribution in [0.5, 0.6) is 0 Å². The van der Waals surface area contributed by atoms with Crippen molar-refractivity contribution < 1.29 is 8.85 Å². The van der Waals surface area contributed by atoms with E-state index in [0.717, 1.165) is 19.0 Å². The molecule has 1 rings (SSSR count). The number of hydrogen-bond acceptors (Lipinski definition) is 4. The molecule has 1 heterocycles. The molecule has 0 aliphatic carbocycles. The van der Waals surface area contributed by atoms with Crippen LogP contribution in [0.4, 0.5) is 0 Å². The van der Waals surface area contributed by atoms with E-state index in [9.17, 15) is 0 Å². The third-order valence-corrected chi connectivity index (χ3v) is 2.26. The Labute approximate surface area is 76.9 Å². The zero-order valence-corrected chi connectivity index (χ0v) is 9.58. The smallest absolute Gasteiger partial charge is 0.303 e. The molecule has 1 atom stereocenters. The number of nitrogens with one attached hydrogen (secondary N) is 1. The highest BCUT2D eigenvalue weighted by molar-refractivity contribution is 6.17. The minimum absolute atomic E-state index is 0.390. The van der Waals surface area contributed by atoms with Crippen molar-refractivity contribution in [3.63, 3.8) is 0 Å². The molecule has 1 aliphatic rings. The van der Waals surface area contributed by atoms with E-state index in [1.807, 2.05) is 0 Å². The summed E-state index contributed by atoms with van der Waals surface area (Å²) in [5.74, 6) is 0.750. The highest BCUT2D eigenvalue weighted by Gasteiger charge is 2.19. The molecular formula is C7H20N2O2Si. The van der Waals surface area contributed by atoms with Crippen molar-refractivity contribution in [1.82, 2.24) is 5.32 Å². The zero-order chi connectivity index (χ0) is 9.40. The summed E-state index contributed by atoms with van der Waals surface area (Å²) in [7, 11) is 2.73. The Bertz CT molecular complexity index is 97.4. The number of hydrogen-bond donors (Lipinski definition) is 2. The summed E-state index contributed by atoms with van der Waals surface area (Å²) in [5.41, 5.74) is 5.56. The summed E-state index contributed by atoms with van der Waals surface area (Å²) in [6.45, 7) is 4.31. The van der Waals surface area contributed by atoms with Gasteiger partial charge in [0.2, 0.25) is 0 Å². The standard InChI is InChI=1S/C5H12N2.C2H8O2Si/c1-4(6)5-2-7-3-5;1-3-5-4-2/h4-5,7H,2-3,6H2,1H3;5H2,1-2H3. The van der Waals surface area contributed by atoms with Gasteiger partial charge in [-0.2, -0.15) is 0 Å². The van der Waals surface area contributed by atoms with E-state index < -0.39 is 10.0 Å². The molecule has 4 nitrogen and oxygen atoms in total.